The number of ether oxygens (including phenoxy) is 1. The minimum atomic E-state index is -0.334. The van der Waals surface area contributed by atoms with E-state index in [2.05, 4.69) is 20.3 Å². The number of hydrogen-bond acceptors (Lipinski definition) is 8. The predicted octanol–water partition coefficient (Wildman–Crippen LogP) is 4.75. The number of carbonyl (C=O) groups is 1. The number of anilines is 1. The Kier molecular flexibility index (Phi) is 5.26. The van der Waals surface area contributed by atoms with Crippen LogP contribution >= 0.6 is 11.3 Å². The quantitative estimate of drug-likeness (QED) is 0.460. The lowest BCUT2D eigenvalue weighted by atomic mass is 10.1. The van der Waals surface area contributed by atoms with Gasteiger partial charge >= 0.3 is 5.97 Å². The molecule has 0 spiro atoms. The molecule has 8 heteroatoms. The third-order valence-electron chi connectivity index (χ3n) is 4.46. The molecule has 3 aromatic heterocycles. The zero-order valence-corrected chi connectivity index (χ0v) is 17.2. The number of oxazole rings is 1. The van der Waals surface area contributed by atoms with Gasteiger partial charge in [0.2, 0.25) is 0 Å². The van der Waals surface area contributed by atoms with Crippen LogP contribution in [0.3, 0.4) is 0 Å². The first-order valence-electron chi connectivity index (χ1n) is 9.25. The van der Waals surface area contributed by atoms with Crippen LogP contribution in [-0.2, 0) is 11.3 Å². The first kappa shape index (κ1) is 19.1. The van der Waals surface area contributed by atoms with Gasteiger partial charge in [0, 0.05) is 5.56 Å². The van der Waals surface area contributed by atoms with Crippen molar-refractivity contribution in [2.75, 3.05) is 11.9 Å². The molecule has 0 aliphatic rings. The van der Waals surface area contributed by atoms with E-state index in [0.717, 1.165) is 32.8 Å². The molecule has 4 aromatic rings. The van der Waals surface area contributed by atoms with Gasteiger partial charge in [-0.1, -0.05) is 30.3 Å². The number of aromatic nitrogens is 3. The molecule has 4 rings (SSSR count). The molecule has 0 atom stereocenters. The van der Waals surface area contributed by atoms with Crippen molar-refractivity contribution < 1.29 is 13.9 Å². The summed E-state index contributed by atoms with van der Waals surface area (Å²) in [5.74, 6) is 1.67. The minimum Gasteiger partial charge on any atom is -0.462 e. The number of benzene rings is 1. The van der Waals surface area contributed by atoms with Crippen LogP contribution in [0.25, 0.3) is 21.5 Å². The van der Waals surface area contributed by atoms with Gasteiger partial charge in [-0.25, -0.2) is 19.7 Å². The first-order chi connectivity index (χ1) is 14.1. The molecule has 0 aliphatic carbocycles. The van der Waals surface area contributed by atoms with Gasteiger partial charge in [0.25, 0.3) is 0 Å². The summed E-state index contributed by atoms with van der Waals surface area (Å²) in [7, 11) is 0. The second kappa shape index (κ2) is 8.00. The van der Waals surface area contributed by atoms with Crippen molar-refractivity contribution in [3.05, 3.63) is 58.7 Å². The van der Waals surface area contributed by atoms with E-state index in [-0.39, 0.29) is 5.97 Å². The van der Waals surface area contributed by atoms with Gasteiger partial charge in [0.1, 0.15) is 27.0 Å². The lowest BCUT2D eigenvalue weighted by Gasteiger charge is -2.08. The van der Waals surface area contributed by atoms with Crippen LogP contribution in [0, 0.1) is 13.8 Å². The summed E-state index contributed by atoms with van der Waals surface area (Å²) in [5, 5.41) is 4.17. The Bertz CT molecular complexity index is 1170. The molecule has 7 nitrogen and oxygen atoms in total. The zero-order valence-electron chi connectivity index (χ0n) is 16.4. The second-order valence-electron chi connectivity index (χ2n) is 6.42. The Morgan fingerprint density at radius 2 is 2.00 bits per heavy atom. The largest absolute Gasteiger partial charge is 0.462 e. The number of rotatable bonds is 6. The average Bonchev–Trinajstić information content (AvgIpc) is 3.31. The van der Waals surface area contributed by atoms with Crippen LogP contribution in [0.2, 0.25) is 0 Å². The highest BCUT2D eigenvalue weighted by molar-refractivity contribution is 7.20. The number of thiophene rings is 1. The highest BCUT2D eigenvalue weighted by Crippen LogP contribution is 2.34. The molecular weight excluding hydrogens is 388 g/mol. The van der Waals surface area contributed by atoms with Gasteiger partial charge in [-0.05, 0) is 26.3 Å². The lowest BCUT2D eigenvalue weighted by Crippen LogP contribution is -2.06. The number of esters is 1. The summed E-state index contributed by atoms with van der Waals surface area (Å²) in [6, 6.07) is 9.83. The van der Waals surface area contributed by atoms with E-state index in [9.17, 15) is 4.79 Å². The van der Waals surface area contributed by atoms with Gasteiger partial charge in [0.05, 0.1) is 18.5 Å². The Hall–Kier alpha value is -3.26. The predicted molar refractivity (Wildman–Crippen MR) is 112 cm³/mol. The molecule has 1 N–H and O–H groups in total. The molecule has 0 saturated heterocycles. The van der Waals surface area contributed by atoms with Crippen LogP contribution in [0.4, 0.5) is 5.82 Å². The van der Waals surface area contributed by atoms with Crippen LogP contribution < -0.4 is 5.32 Å². The van der Waals surface area contributed by atoms with Crippen molar-refractivity contribution in [1.82, 2.24) is 15.0 Å². The minimum absolute atomic E-state index is 0.330. The Balaban J connectivity index is 1.67. The fourth-order valence-electron chi connectivity index (χ4n) is 3.15. The number of fused-ring (bicyclic) bond motifs is 1. The third kappa shape index (κ3) is 3.71. The first-order valence-corrected chi connectivity index (χ1v) is 10.1. The third-order valence-corrected chi connectivity index (χ3v) is 5.63. The molecular formula is C21H20N4O3S. The van der Waals surface area contributed by atoms with E-state index in [4.69, 9.17) is 9.15 Å². The van der Waals surface area contributed by atoms with Crippen molar-refractivity contribution in [1.29, 1.82) is 0 Å². The Morgan fingerprint density at radius 3 is 2.76 bits per heavy atom. The molecule has 0 fully saturated rings. The normalized spacial score (nSPS) is 11.0. The number of nitrogens with zero attached hydrogens (tertiary/aromatic N) is 3. The molecule has 0 bridgehead atoms. The molecule has 1 aromatic carbocycles. The standard InChI is InChI=1S/C21H20N4O3S/c1-4-27-21(26)18-12(2)16-19(24-13(3)25-20(16)29-18)22-10-15-17(28-11-23-15)14-8-6-5-7-9-14/h5-9,11H,4,10H2,1-3H3,(H,22,24,25). The summed E-state index contributed by atoms with van der Waals surface area (Å²) in [4.78, 5) is 27.0. The van der Waals surface area contributed by atoms with E-state index >= 15 is 0 Å². The van der Waals surface area contributed by atoms with Crippen LogP contribution in [0.15, 0.2) is 41.1 Å². The maximum absolute atomic E-state index is 12.3. The smallest absolute Gasteiger partial charge is 0.348 e. The van der Waals surface area contributed by atoms with E-state index in [1.165, 1.54) is 17.7 Å². The van der Waals surface area contributed by atoms with Crippen molar-refractivity contribution in [3.8, 4) is 11.3 Å². The zero-order chi connectivity index (χ0) is 20.4. The Labute approximate surface area is 171 Å². The fourth-order valence-corrected chi connectivity index (χ4v) is 4.27. The number of carbonyl (C=O) groups excluding carboxylic acids is 1. The van der Waals surface area contributed by atoms with Gasteiger partial charge in [-0.3, -0.25) is 0 Å². The topological polar surface area (TPSA) is 90.1 Å². The Morgan fingerprint density at radius 1 is 1.21 bits per heavy atom. The fraction of sp³-hybridized carbons (Fsp3) is 0.238. The van der Waals surface area contributed by atoms with E-state index in [1.54, 1.807) is 6.92 Å². The second-order valence-corrected chi connectivity index (χ2v) is 7.42. The summed E-state index contributed by atoms with van der Waals surface area (Å²) < 4.78 is 10.8. The summed E-state index contributed by atoms with van der Waals surface area (Å²) in [6.45, 7) is 6.27. The van der Waals surface area contributed by atoms with Crippen molar-refractivity contribution >= 4 is 33.3 Å². The van der Waals surface area contributed by atoms with E-state index < -0.39 is 0 Å². The van der Waals surface area contributed by atoms with Gasteiger partial charge in [0.15, 0.2) is 12.2 Å². The maximum atomic E-state index is 12.3. The van der Waals surface area contributed by atoms with Crippen LogP contribution in [0.5, 0.6) is 0 Å². The molecule has 0 saturated carbocycles. The summed E-state index contributed by atoms with van der Waals surface area (Å²) in [6.07, 6.45) is 1.44. The molecule has 3 heterocycles. The molecule has 0 aliphatic heterocycles. The molecule has 148 valence electrons. The van der Waals surface area contributed by atoms with E-state index in [1.807, 2.05) is 44.2 Å². The van der Waals surface area contributed by atoms with Crippen molar-refractivity contribution in [3.63, 3.8) is 0 Å². The average molecular weight is 408 g/mol. The highest BCUT2D eigenvalue weighted by atomic mass is 32.1. The molecule has 0 unspecified atom stereocenters. The molecule has 0 radical (unpaired) electrons. The van der Waals surface area contributed by atoms with E-state index in [0.29, 0.717) is 29.7 Å². The number of nitrogens with one attached hydrogen (secondary N) is 1. The van der Waals surface area contributed by atoms with Crippen LogP contribution in [-0.4, -0.2) is 27.5 Å². The summed E-state index contributed by atoms with van der Waals surface area (Å²) >= 11 is 1.32. The van der Waals surface area contributed by atoms with Gasteiger partial charge in [-0.2, -0.15) is 0 Å². The van der Waals surface area contributed by atoms with Crippen molar-refractivity contribution in [2.24, 2.45) is 0 Å². The SMILES string of the molecule is CCOC(=O)c1sc2nc(C)nc(NCc3ncoc3-c3ccccc3)c2c1C. The molecule has 0 amide bonds. The van der Waals surface area contributed by atoms with Crippen LogP contribution in [0.1, 0.15) is 33.7 Å². The molecule has 29 heavy (non-hydrogen) atoms. The highest BCUT2D eigenvalue weighted by Gasteiger charge is 2.21. The van der Waals surface area contributed by atoms with Gasteiger partial charge in [-0.15, -0.1) is 11.3 Å². The number of aryl methyl sites for hydroxylation is 2. The van der Waals surface area contributed by atoms with Gasteiger partial charge < -0.3 is 14.5 Å². The summed E-state index contributed by atoms with van der Waals surface area (Å²) in [5.41, 5.74) is 2.55. The lowest BCUT2D eigenvalue weighted by molar-refractivity contribution is 0.0531. The number of hydrogen-bond donors (Lipinski definition) is 1. The maximum Gasteiger partial charge on any atom is 0.348 e. The monoisotopic (exact) mass is 408 g/mol. The van der Waals surface area contributed by atoms with Crippen molar-refractivity contribution in [2.45, 2.75) is 27.3 Å².